The summed E-state index contributed by atoms with van der Waals surface area (Å²) in [5.41, 5.74) is -0.243. The molecule has 9 heteroatoms. The van der Waals surface area contributed by atoms with Gasteiger partial charge in [0.05, 0.1) is 6.20 Å². The molecule has 1 rings (SSSR count). The second-order valence-electron chi connectivity index (χ2n) is 4.25. The second-order valence-corrected chi connectivity index (χ2v) is 4.25. The molecule has 1 aromatic heterocycles. The van der Waals surface area contributed by atoms with Crippen molar-refractivity contribution in [2.45, 2.75) is 26.4 Å². The summed E-state index contributed by atoms with van der Waals surface area (Å²) in [6.07, 6.45) is 1.15. The third-order valence-corrected chi connectivity index (χ3v) is 2.66. The molecule has 2 amide bonds. The Kier molecular flexibility index (Phi) is 5.18. The molecule has 0 fully saturated rings. The molecule has 1 heterocycles. The van der Waals surface area contributed by atoms with Crippen LogP contribution >= 0.6 is 0 Å². The van der Waals surface area contributed by atoms with E-state index < -0.39 is 17.9 Å². The predicted molar refractivity (Wildman–Crippen MR) is 67.9 cm³/mol. The zero-order valence-electron chi connectivity index (χ0n) is 11.5. The van der Waals surface area contributed by atoms with E-state index in [2.05, 4.69) is 15.6 Å². The van der Waals surface area contributed by atoms with Crippen LogP contribution in [0.2, 0.25) is 0 Å². The van der Waals surface area contributed by atoms with Gasteiger partial charge in [-0.3, -0.25) is 9.59 Å². The van der Waals surface area contributed by atoms with Crippen LogP contribution in [0, 0.1) is 0 Å². The molecule has 110 valence electrons. The molecule has 0 aliphatic carbocycles. The van der Waals surface area contributed by atoms with Crippen molar-refractivity contribution in [1.82, 2.24) is 25.2 Å². The Bertz CT molecular complexity index is 513. The molecule has 0 radical (unpaired) electrons. The van der Waals surface area contributed by atoms with Crippen LogP contribution in [0.5, 0.6) is 0 Å². The number of carbonyl (C=O) groups is 3. The number of carboxylic acid groups (broad SMARTS) is 1. The molecule has 0 spiro atoms. The van der Waals surface area contributed by atoms with Gasteiger partial charge >= 0.3 is 5.97 Å². The first kappa shape index (κ1) is 15.6. The number of likely N-dealkylation sites (N-methyl/N-ethyl adjacent to an activating group) is 1. The molecule has 0 aliphatic rings. The van der Waals surface area contributed by atoms with E-state index in [-0.39, 0.29) is 18.1 Å². The number of aromatic carboxylic acids is 1. The highest BCUT2D eigenvalue weighted by Crippen LogP contribution is 1.95. The van der Waals surface area contributed by atoms with Crippen molar-refractivity contribution in [2.24, 2.45) is 0 Å². The van der Waals surface area contributed by atoms with E-state index in [9.17, 15) is 14.4 Å². The van der Waals surface area contributed by atoms with E-state index in [0.717, 1.165) is 10.9 Å². The number of rotatable bonds is 6. The van der Waals surface area contributed by atoms with Crippen LogP contribution in [0.15, 0.2) is 6.20 Å². The van der Waals surface area contributed by atoms with Crippen molar-refractivity contribution < 1.29 is 19.5 Å². The molecule has 2 N–H and O–H groups in total. The van der Waals surface area contributed by atoms with E-state index >= 15 is 0 Å². The van der Waals surface area contributed by atoms with Crippen LogP contribution in [0.1, 0.15) is 24.3 Å². The van der Waals surface area contributed by atoms with Gasteiger partial charge in [0.2, 0.25) is 11.8 Å². The third kappa shape index (κ3) is 4.04. The van der Waals surface area contributed by atoms with Crippen molar-refractivity contribution >= 4 is 17.8 Å². The van der Waals surface area contributed by atoms with Crippen LogP contribution in [-0.2, 0) is 16.1 Å². The smallest absolute Gasteiger partial charge is 0.358 e. The zero-order chi connectivity index (χ0) is 15.3. The van der Waals surface area contributed by atoms with E-state index in [1.807, 2.05) is 6.92 Å². The van der Waals surface area contributed by atoms with Gasteiger partial charge < -0.3 is 15.3 Å². The average molecular weight is 283 g/mol. The molecular formula is C11H17N5O4. The van der Waals surface area contributed by atoms with Gasteiger partial charge in [-0.25, -0.2) is 9.48 Å². The van der Waals surface area contributed by atoms with E-state index in [1.165, 1.54) is 4.90 Å². The second kappa shape index (κ2) is 6.64. The van der Waals surface area contributed by atoms with Crippen LogP contribution in [0.4, 0.5) is 0 Å². The van der Waals surface area contributed by atoms with E-state index in [0.29, 0.717) is 6.54 Å². The van der Waals surface area contributed by atoms with Gasteiger partial charge in [0.25, 0.3) is 0 Å². The van der Waals surface area contributed by atoms with Gasteiger partial charge in [-0.05, 0) is 13.8 Å². The lowest BCUT2D eigenvalue weighted by atomic mass is 10.3. The van der Waals surface area contributed by atoms with E-state index in [4.69, 9.17) is 5.11 Å². The minimum atomic E-state index is -1.22. The molecule has 20 heavy (non-hydrogen) atoms. The summed E-state index contributed by atoms with van der Waals surface area (Å²) in [6.45, 7) is 3.75. The number of nitrogens with zero attached hydrogens (tertiary/aromatic N) is 4. The number of hydrogen-bond donors (Lipinski definition) is 2. The fraction of sp³-hybridized carbons (Fsp3) is 0.545. The summed E-state index contributed by atoms with van der Waals surface area (Å²) < 4.78 is 1.10. The Morgan fingerprint density at radius 1 is 1.50 bits per heavy atom. The monoisotopic (exact) mass is 283 g/mol. The maximum absolute atomic E-state index is 11.8. The molecule has 9 nitrogen and oxygen atoms in total. The number of carboxylic acids is 1. The largest absolute Gasteiger partial charge is 0.476 e. The maximum atomic E-state index is 11.8. The quantitative estimate of drug-likeness (QED) is 0.688. The molecule has 0 aliphatic heterocycles. The fourth-order valence-corrected chi connectivity index (χ4v) is 1.46. The van der Waals surface area contributed by atoms with Gasteiger partial charge in [0.15, 0.2) is 5.69 Å². The van der Waals surface area contributed by atoms with Gasteiger partial charge in [-0.1, -0.05) is 5.21 Å². The highest BCUT2D eigenvalue weighted by atomic mass is 16.4. The Morgan fingerprint density at radius 2 is 2.15 bits per heavy atom. The van der Waals surface area contributed by atoms with Crippen molar-refractivity contribution in [3.8, 4) is 0 Å². The molecule has 1 aromatic rings. The Labute approximate surface area is 115 Å². The first-order valence-corrected chi connectivity index (χ1v) is 6.03. The Morgan fingerprint density at radius 3 is 2.65 bits per heavy atom. The van der Waals surface area contributed by atoms with Gasteiger partial charge in [0.1, 0.15) is 12.6 Å². The average Bonchev–Trinajstić information content (AvgIpc) is 2.85. The highest BCUT2D eigenvalue weighted by Gasteiger charge is 2.19. The van der Waals surface area contributed by atoms with Crippen LogP contribution in [0.3, 0.4) is 0 Å². The van der Waals surface area contributed by atoms with Crippen molar-refractivity contribution in [2.75, 3.05) is 13.6 Å². The SMILES string of the molecule is CCN(C)C(=O)C(C)NC(=O)Cn1cc(C(=O)O)nn1. The lowest BCUT2D eigenvalue weighted by molar-refractivity contribution is -0.134. The predicted octanol–water partition coefficient (Wildman–Crippen LogP) is -1.04. The molecule has 1 atom stereocenters. The van der Waals surface area contributed by atoms with Crippen LogP contribution in [0.25, 0.3) is 0 Å². The van der Waals surface area contributed by atoms with E-state index in [1.54, 1.807) is 14.0 Å². The first-order valence-electron chi connectivity index (χ1n) is 6.03. The lowest BCUT2D eigenvalue weighted by Gasteiger charge is -2.20. The Hall–Kier alpha value is -2.45. The number of carbonyl (C=O) groups excluding carboxylic acids is 2. The molecule has 1 unspecified atom stereocenters. The molecule has 0 bridgehead atoms. The van der Waals surface area contributed by atoms with Gasteiger partial charge in [0, 0.05) is 13.6 Å². The van der Waals surface area contributed by atoms with Crippen molar-refractivity contribution in [3.05, 3.63) is 11.9 Å². The Balaban J connectivity index is 2.54. The summed E-state index contributed by atoms with van der Waals surface area (Å²) in [7, 11) is 1.64. The number of nitrogens with one attached hydrogen (secondary N) is 1. The molecule has 0 aromatic carbocycles. The van der Waals surface area contributed by atoms with Crippen molar-refractivity contribution in [1.29, 1.82) is 0 Å². The summed E-state index contributed by atoms with van der Waals surface area (Å²) in [6, 6.07) is -0.657. The summed E-state index contributed by atoms with van der Waals surface area (Å²) in [5.74, 6) is -1.87. The highest BCUT2D eigenvalue weighted by molar-refractivity contribution is 5.87. The van der Waals surface area contributed by atoms with Crippen molar-refractivity contribution in [3.63, 3.8) is 0 Å². The maximum Gasteiger partial charge on any atom is 0.358 e. The summed E-state index contributed by atoms with van der Waals surface area (Å²) in [4.78, 5) is 35.6. The molecule has 0 saturated heterocycles. The topological polar surface area (TPSA) is 117 Å². The standard InChI is InChI=1S/C11H17N5O4/c1-4-15(3)10(18)7(2)12-9(17)6-16-5-8(11(19)20)13-14-16/h5,7H,4,6H2,1-3H3,(H,12,17)(H,19,20). The lowest BCUT2D eigenvalue weighted by Crippen LogP contribution is -2.46. The normalized spacial score (nSPS) is 11.8. The molecular weight excluding hydrogens is 266 g/mol. The minimum Gasteiger partial charge on any atom is -0.476 e. The first-order chi connectivity index (χ1) is 9.35. The third-order valence-electron chi connectivity index (χ3n) is 2.66. The zero-order valence-corrected chi connectivity index (χ0v) is 11.5. The number of amides is 2. The van der Waals surface area contributed by atoms with Crippen LogP contribution in [-0.4, -0.2) is 62.4 Å². The summed E-state index contributed by atoms with van der Waals surface area (Å²) >= 11 is 0. The van der Waals surface area contributed by atoms with Crippen LogP contribution < -0.4 is 5.32 Å². The number of hydrogen-bond acceptors (Lipinski definition) is 5. The molecule has 0 saturated carbocycles. The van der Waals surface area contributed by atoms with Gasteiger partial charge in [-0.2, -0.15) is 0 Å². The summed E-state index contributed by atoms with van der Waals surface area (Å²) in [5, 5.41) is 18.1. The number of aromatic nitrogens is 3. The fourth-order valence-electron chi connectivity index (χ4n) is 1.46. The minimum absolute atomic E-state index is 0.201. The van der Waals surface area contributed by atoms with Gasteiger partial charge in [-0.15, -0.1) is 5.10 Å².